The number of rotatable bonds is 5. The lowest BCUT2D eigenvalue weighted by Crippen LogP contribution is -2.33. The van der Waals surface area contributed by atoms with Crippen LogP contribution in [0.25, 0.3) is 0 Å². The van der Waals surface area contributed by atoms with Gasteiger partial charge < -0.3 is 4.90 Å². The highest BCUT2D eigenvalue weighted by Crippen LogP contribution is 2.21. The van der Waals surface area contributed by atoms with Gasteiger partial charge in [0.05, 0.1) is 12.1 Å². The van der Waals surface area contributed by atoms with Gasteiger partial charge >= 0.3 is 0 Å². The normalized spacial score (nSPS) is 21.4. The van der Waals surface area contributed by atoms with Gasteiger partial charge in [-0.25, -0.2) is 8.42 Å². The van der Waals surface area contributed by atoms with Crippen LogP contribution in [0.2, 0.25) is 0 Å². The van der Waals surface area contributed by atoms with Crippen molar-refractivity contribution < 1.29 is 8.42 Å². The Labute approximate surface area is 118 Å². The smallest absolute Gasteiger partial charge is 0.260 e. The first-order chi connectivity index (χ1) is 8.95. The lowest BCUT2D eigenvalue weighted by atomic mass is 10.1. The van der Waals surface area contributed by atoms with E-state index in [1.165, 1.54) is 10.5 Å². The van der Waals surface area contributed by atoms with Gasteiger partial charge in [0, 0.05) is 25.7 Å². The zero-order valence-electron chi connectivity index (χ0n) is 11.1. The highest BCUT2D eigenvalue weighted by atomic mass is 35.5. The van der Waals surface area contributed by atoms with E-state index in [2.05, 4.69) is 22.1 Å². The number of aromatic amines is 1. The maximum Gasteiger partial charge on any atom is 0.260 e. The number of hydrogen-bond acceptors (Lipinski definition) is 4. The molecule has 1 atom stereocenters. The molecule has 1 aromatic heterocycles. The summed E-state index contributed by atoms with van der Waals surface area (Å²) in [5, 5.41) is 6.41. The molecule has 19 heavy (non-hydrogen) atoms. The van der Waals surface area contributed by atoms with E-state index < -0.39 is 10.0 Å². The molecule has 2 heterocycles. The van der Waals surface area contributed by atoms with E-state index in [4.69, 9.17) is 11.6 Å². The Kier molecular flexibility index (Phi) is 4.50. The van der Waals surface area contributed by atoms with Crippen molar-refractivity contribution in [1.82, 2.24) is 19.4 Å². The van der Waals surface area contributed by atoms with Crippen LogP contribution in [0.3, 0.4) is 0 Å². The van der Waals surface area contributed by atoms with Crippen molar-refractivity contribution in [1.29, 1.82) is 0 Å². The Morgan fingerprint density at radius 3 is 2.95 bits per heavy atom. The van der Waals surface area contributed by atoms with E-state index >= 15 is 0 Å². The Morgan fingerprint density at radius 1 is 1.63 bits per heavy atom. The zero-order chi connectivity index (χ0) is 14.0. The fraction of sp³-hybridized carbons (Fsp3) is 0.727. The largest absolute Gasteiger partial charge is 0.306 e. The quantitative estimate of drug-likeness (QED) is 0.814. The molecule has 108 valence electrons. The van der Waals surface area contributed by atoms with Crippen molar-refractivity contribution in [3.8, 4) is 0 Å². The molecule has 1 aliphatic heterocycles. The van der Waals surface area contributed by atoms with Gasteiger partial charge in [0.1, 0.15) is 0 Å². The van der Waals surface area contributed by atoms with Gasteiger partial charge in [-0.2, -0.15) is 9.40 Å². The van der Waals surface area contributed by atoms with Crippen molar-refractivity contribution in [2.45, 2.75) is 17.3 Å². The lowest BCUT2D eigenvalue weighted by Gasteiger charge is -2.20. The van der Waals surface area contributed by atoms with Crippen molar-refractivity contribution in [3.63, 3.8) is 0 Å². The summed E-state index contributed by atoms with van der Waals surface area (Å²) in [6.45, 7) is 2.48. The summed E-state index contributed by atoms with van der Waals surface area (Å²) in [4.78, 5) is 2.21. The second kappa shape index (κ2) is 5.78. The maximum absolute atomic E-state index is 12.4. The Morgan fingerprint density at radius 2 is 2.37 bits per heavy atom. The number of nitrogens with zero attached hydrogens (tertiary/aromatic N) is 3. The summed E-state index contributed by atoms with van der Waals surface area (Å²) in [5.41, 5.74) is 0.511. The van der Waals surface area contributed by atoms with Crippen molar-refractivity contribution in [2.24, 2.45) is 5.92 Å². The predicted molar refractivity (Wildman–Crippen MR) is 73.6 cm³/mol. The highest BCUT2D eigenvalue weighted by Gasteiger charge is 2.29. The molecule has 0 bridgehead atoms. The van der Waals surface area contributed by atoms with Gasteiger partial charge in [-0.3, -0.25) is 5.10 Å². The average Bonchev–Trinajstić information content (AvgIpc) is 2.97. The molecule has 2 rings (SSSR count). The molecule has 8 heteroatoms. The first-order valence-corrected chi connectivity index (χ1v) is 8.15. The minimum atomic E-state index is -3.53. The number of nitrogens with one attached hydrogen (secondary N) is 1. The van der Waals surface area contributed by atoms with E-state index in [1.807, 2.05) is 0 Å². The number of aromatic nitrogens is 2. The first kappa shape index (κ1) is 14.8. The molecule has 1 unspecified atom stereocenters. The topological polar surface area (TPSA) is 69.3 Å². The fourth-order valence-corrected chi connectivity index (χ4v) is 4.04. The highest BCUT2D eigenvalue weighted by molar-refractivity contribution is 7.89. The molecule has 0 aliphatic carbocycles. The van der Waals surface area contributed by atoms with Crippen molar-refractivity contribution in [3.05, 3.63) is 11.8 Å². The molecular formula is C11H19ClN4O2S. The van der Waals surface area contributed by atoms with Gasteiger partial charge in [0.2, 0.25) is 0 Å². The summed E-state index contributed by atoms with van der Waals surface area (Å²) in [6.07, 6.45) is 2.48. The molecule has 6 nitrogen and oxygen atoms in total. The van der Waals surface area contributed by atoms with Crippen LogP contribution in [-0.4, -0.2) is 61.5 Å². The lowest BCUT2D eigenvalue weighted by molar-refractivity contribution is 0.356. The summed E-state index contributed by atoms with van der Waals surface area (Å²) in [5.74, 6) is 0.512. The fourth-order valence-electron chi connectivity index (χ4n) is 2.41. The number of sulfonamides is 1. The number of alkyl halides is 1. The molecule has 0 spiro atoms. The Balaban J connectivity index is 2.11. The van der Waals surface area contributed by atoms with Crippen LogP contribution in [0, 0.1) is 5.92 Å². The predicted octanol–water partition coefficient (Wildman–Crippen LogP) is 0.721. The van der Waals surface area contributed by atoms with E-state index in [0.29, 0.717) is 18.0 Å². The molecule has 0 radical (unpaired) electrons. The van der Waals surface area contributed by atoms with E-state index in [1.54, 1.807) is 7.05 Å². The van der Waals surface area contributed by atoms with E-state index in [9.17, 15) is 8.42 Å². The van der Waals surface area contributed by atoms with Crippen LogP contribution >= 0.6 is 11.6 Å². The molecule has 0 aromatic carbocycles. The summed E-state index contributed by atoms with van der Waals surface area (Å²) in [6, 6.07) is 0. The van der Waals surface area contributed by atoms with Crippen molar-refractivity contribution in [2.75, 3.05) is 33.7 Å². The molecule has 1 saturated heterocycles. The van der Waals surface area contributed by atoms with Crippen LogP contribution in [0.1, 0.15) is 12.0 Å². The van der Waals surface area contributed by atoms with Crippen molar-refractivity contribution >= 4 is 21.6 Å². The monoisotopic (exact) mass is 306 g/mol. The number of hydrogen-bond donors (Lipinski definition) is 1. The Hall–Kier alpha value is -0.630. The third-order valence-corrected chi connectivity index (χ3v) is 5.62. The number of likely N-dealkylation sites (tertiary alicyclic amines) is 1. The first-order valence-electron chi connectivity index (χ1n) is 6.18. The standard InChI is InChI=1S/C11H19ClN4O2S/c1-15-4-3-9(7-15)8-16(2)19(17,18)11-10(5-12)6-13-14-11/h6,9H,3-5,7-8H2,1-2H3,(H,13,14). The molecule has 1 fully saturated rings. The van der Waals surface area contributed by atoms with Gasteiger partial charge in [-0.15, -0.1) is 11.6 Å². The van der Waals surface area contributed by atoms with Crippen LogP contribution in [0.5, 0.6) is 0 Å². The van der Waals surface area contributed by atoms with Gasteiger partial charge in [0.25, 0.3) is 10.0 Å². The SMILES string of the molecule is CN1CCC(CN(C)S(=O)(=O)c2[nH]ncc2CCl)C1. The summed E-state index contributed by atoms with van der Waals surface area (Å²) >= 11 is 5.72. The van der Waals surface area contributed by atoms with Crippen LogP contribution in [-0.2, 0) is 15.9 Å². The molecule has 1 aliphatic rings. The average molecular weight is 307 g/mol. The maximum atomic E-state index is 12.4. The summed E-state index contributed by atoms with van der Waals surface area (Å²) in [7, 11) is 0.123. The molecular weight excluding hydrogens is 288 g/mol. The van der Waals surface area contributed by atoms with Crippen LogP contribution < -0.4 is 0 Å². The van der Waals surface area contributed by atoms with Crippen LogP contribution in [0.15, 0.2) is 11.2 Å². The van der Waals surface area contributed by atoms with Gasteiger partial charge in [0.15, 0.2) is 5.03 Å². The second-order valence-corrected chi connectivity index (χ2v) is 7.31. The molecule has 0 amide bonds. The minimum absolute atomic E-state index is 0.108. The Bertz CT molecular complexity index is 531. The van der Waals surface area contributed by atoms with E-state index in [-0.39, 0.29) is 10.9 Å². The minimum Gasteiger partial charge on any atom is -0.306 e. The molecule has 1 N–H and O–H groups in total. The van der Waals surface area contributed by atoms with Gasteiger partial charge in [-0.1, -0.05) is 0 Å². The third kappa shape index (κ3) is 3.10. The number of H-pyrrole nitrogens is 1. The molecule has 1 aromatic rings. The van der Waals surface area contributed by atoms with Crippen LogP contribution in [0.4, 0.5) is 0 Å². The zero-order valence-corrected chi connectivity index (χ0v) is 12.7. The third-order valence-electron chi connectivity index (χ3n) is 3.49. The second-order valence-electron chi connectivity index (χ2n) is 5.06. The number of halogens is 1. The van der Waals surface area contributed by atoms with E-state index in [0.717, 1.165) is 19.5 Å². The summed E-state index contributed by atoms with van der Waals surface area (Å²) < 4.78 is 26.2. The van der Waals surface area contributed by atoms with Gasteiger partial charge in [-0.05, 0) is 25.9 Å². The molecule has 0 saturated carbocycles.